The van der Waals surface area contributed by atoms with Crippen molar-refractivity contribution < 1.29 is 4.79 Å². The van der Waals surface area contributed by atoms with Crippen LogP contribution in [0.2, 0.25) is 0 Å². The lowest BCUT2D eigenvalue weighted by atomic mass is 10.3. The van der Waals surface area contributed by atoms with E-state index in [0.717, 1.165) is 25.1 Å². The normalized spacial score (nSPS) is 10.1. The van der Waals surface area contributed by atoms with Gasteiger partial charge in [0.2, 0.25) is 0 Å². The molecular weight excluding hydrogens is 252 g/mol. The van der Waals surface area contributed by atoms with Gasteiger partial charge >= 0.3 is 0 Å². The molecule has 2 rings (SSSR count). The summed E-state index contributed by atoms with van der Waals surface area (Å²) in [4.78, 5) is 20.2. The highest BCUT2D eigenvalue weighted by Crippen LogP contribution is 2.09. The van der Waals surface area contributed by atoms with E-state index in [-0.39, 0.29) is 5.91 Å². The van der Waals surface area contributed by atoms with Gasteiger partial charge in [-0.15, -0.1) is 0 Å². The lowest BCUT2D eigenvalue weighted by Crippen LogP contribution is -2.14. The molecule has 0 saturated heterocycles. The molecule has 1 heterocycles. The molecule has 0 spiro atoms. The van der Waals surface area contributed by atoms with Crippen molar-refractivity contribution in [3.05, 3.63) is 48.4 Å². The Morgan fingerprint density at radius 2 is 2.00 bits per heavy atom. The Morgan fingerprint density at radius 1 is 1.20 bits per heavy atom. The summed E-state index contributed by atoms with van der Waals surface area (Å²) in [5.41, 5.74) is 1.10. The van der Waals surface area contributed by atoms with Gasteiger partial charge in [-0.25, -0.2) is 9.97 Å². The SMILES string of the molecule is CCCCNc1cc(C(=O)Nc2ccccc2)ncn1. The van der Waals surface area contributed by atoms with Crippen molar-refractivity contribution in [3.8, 4) is 0 Å². The average molecular weight is 270 g/mol. The molecule has 0 unspecified atom stereocenters. The summed E-state index contributed by atoms with van der Waals surface area (Å²) < 4.78 is 0. The molecule has 2 aromatic rings. The second-order valence-corrected chi connectivity index (χ2v) is 4.39. The van der Waals surface area contributed by atoms with Crippen molar-refractivity contribution in [2.24, 2.45) is 0 Å². The molecule has 5 heteroatoms. The fraction of sp³-hybridized carbons (Fsp3) is 0.267. The second-order valence-electron chi connectivity index (χ2n) is 4.39. The van der Waals surface area contributed by atoms with Crippen molar-refractivity contribution in [2.75, 3.05) is 17.2 Å². The van der Waals surface area contributed by atoms with E-state index < -0.39 is 0 Å². The summed E-state index contributed by atoms with van der Waals surface area (Å²) in [6.45, 7) is 2.97. The van der Waals surface area contributed by atoms with Crippen LogP contribution in [0.25, 0.3) is 0 Å². The zero-order valence-corrected chi connectivity index (χ0v) is 11.5. The molecule has 5 nitrogen and oxygen atoms in total. The van der Waals surface area contributed by atoms with E-state index in [1.807, 2.05) is 30.3 Å². The van der Waals surface area contributed by atoms with Gasteiger partial charge in [0, 0.05) is 18.3 Å². The molecule has 0 saturated carbocycles. The number of benzene rings is 1. The van der Waals surface area contributed by atoms with Crippen molar-refractivity contribution in [3.63, 3.8) is 0 Å². The van der Waals surface area contributed by atoms with Crippen LogP contribution in [0.4, 0.5) is 11.5 Å². The molecule has 104 valence electrons. The monoisotopic (exact) mass is 270 g/mol. The molecule has 20 heavy (non-hydrogen) atoms. The van der Waals surface area contributed by atoms with E-state index >= 15 is 0 Å². The van der Waals surface area contributed by atoms with Crippen molar-refractivity contribution in [1.29, 1.82) is 0 Å². The third-order valence-electron chi connectivity index (χ3n) is 2.77. The predicted octanol–water partition coefficient (Wildman–Crippen LogP) is 2.94. The number of amides is 1. The lowest BCUT2D eigenvalue weighted by Gasteiger charge is -2.07. The maximum atomic E-state index is 12.1. The molecule has 1 amide bonds. The Bertz CT molecular complexity index is 557. The third-order valence-corrected chi connectivity index (χ3v) is 2.77. The van der Waals surface area contributed by atoms with Gasteiger partial charge in [-0.1, -0.05) is 31.5 Å². The maximum Gasteiger partial charge on any atom is 0.274 e. The topological polar surface area (TPSA) is 66.9 Å². The van der Waals surface area contributed by atoms with Crippen LogP contribution < -0.4 is 10.6 Å². The summed E-state index contributed by atoms with van der Waals surface area (Å²) >= 11 is 0. The number of nitrogens with zero attached hydrogens (tertiary/aromatic N) is 2. The first-order chi connectivity index (χ1) is 9.79. The molecular formula is C15H18N4O. The van der Waals surface area contributed by atoms with Gasteiger partial charge in [0.05, 0.1) is 0 Å². The van der Waals surface area contributed by atoms with Crippen LogP contribution >= 0.6 is 0 Å². The van der Waals surface area contributed by atoms with Gasteiger partial charge in [0.25, 0.3) is 5.91 Å². The van der Waals surface area contributed by atoms with Gasteiger partial charge < -0.3 is 10.6 Å². The lowest BCUT2D eigenvalue weighted by molar-refractivity contribution is 0.102. The number of anilines is 2. The van der Waals surface area contributed by atoms with E-state index in [1.54, 1.807) is 6.07 Å². The number of unbranched alkanes of at least 4 members (excludes halogenated alkanes) is 1. The van der Waals surface area contributed by atoms with E-state index in [9.17, 15) is 4.79 Å². The fourth-order valence-electron chi connectivity index (χ4n) is 1.69. The number of hydrogen-bond donors (Lipinski definition) is 2. The molecule has 0 aliphatic rings. The molecule has 1 aromatic heterocycles. The summed E-state index contributed by atoms with van der Waals surface area (Å²) in [6.07, 6.45) is 3.57. The molecule has 0 aliphatic carbocycles. The number of aromatic nitrogens is 2. The first kappa shape index (κ1) is 14.0. The highest BCUT2D eigenvalue weighted by Gasteiger charge is 2.08. The minimum atomic E-state index is -0.239. The van der Waals surface area contributed by atoms with Crippen LogP contribution in [-0.2, 0) is 0 Å². The van der Waals surface area contributed by atoms with Crippen LogP contribution in [0.5, 0.6) is 0 Å². The Hall–Kier alpha value is -2.43. The van der Waals surface area contributed by atoms with E-state index in [0.29, 0.717) is 11.5 Å². The van der Waals surface area contributed by atoms with Gasteiger partial charge in [0.1, 0.15) is 17.8 Å². The summed E-state index contributed by atoms with van der Waals surface area (Å²) in [5.74, 6) is 0.434. The molecule has 0 aliphatic heterocycles. The number of hydrogen-bond acceptors (Lipinski definition) is 4. The van der Waals surface area contributed by atoms with Crippen molar-refractivity contribution in [2.45, 2.75) is 19.8 Å². The van der Waals surface area contributed by atoms with Crippen LogP contribution in [-0.4, -0.2) is 22.4 Å². The summed E-state index contributed by atoms with van der Waals surface area (Å²) in [6, 6.07) is 11.0. The second kappa shape index (κ2) is 7.23. The van der Waals surface area contributed by atoms with Gasteiger partial charge in [-0.3, -0.25) is 4.79 Å². The highest BCUT2D eigenvalue weighted by atomic mass is 16.1. The smallest absolute Gasteiger partial charge is 0.274 e. The predicted molar refractivity (Wildman–Crippen MR) is 79.8 cm³/mol. The maximum absolute atomic E-state index is 12.1. The Morgan fingerprint density at radius 3 is 2.75 bits per heavy atom. The quantitative estimate of drug-likeness (QED) is 0.792. The van der Waals surface area contributed by atoms with Crippen LogP contribution in [0.15, 0.2) is 42.7 Å². The Balaban J connectivity index is 2.01. The van der Waals surface area contributed by atoms with Gasteiger partial charge in [-0.05, 0) is 18.6 Å². The standard InChI is InChI=1S/C15H18N4O/c1-2-3-9-16-14-10-13(17-11-18-14)15(20)19-12-7-5-4-6-8-12/h4-8,10-11H,2-3,9H2,1H3,(H,19,20)(H,16,17,18). The number of carbonyl (C=O) groups excluding carboxylic acids is 1. The van der Waals surface area contributed by atoms with Crippen molar-refractivity contribution in [1.82, 2.24) is 9.97 Å². The van der Waals surface area contributed by atoms with Crippen LogP contribution in [0.1, 0.15) is 30.3 Å². The zero-order chi connectivity index (χ0) is 14.2. The molecule has 0 fully saturated rings. The van der Waals surface area contributed by atoms with E-state index in [4.69, 9.17) is 0 Å². The number of nitrogens with one attached hydrogen (secondary N) is 2. The minimum Gasteiger partial charge on any atom is -0.370 e. The average Bonchev–Trinajstić information content (AvgIpc) is 2.49. The molecule has 0 radical (unpaired) electrons. The van der Waals surface area contributed by atoms with Crippen molar-refractivity contribution >= 4 is 17.4 Å². The van der Waals surface area contributed by atoms with Crippen LogP contribution in [0.3, 0.4) is 0 Å². The fourth-order valence-corrected chi connectivity index (χ4v) is 1.69. The number of carbonyl (C=O) groups is 1. The Labute approximate surface area is 118 Å². The number of rotatable bonds is 6. The van der Waals surface area contributed by atoms with Gasteiger partial charge in [0.15, 0.2) is 0 Å². The molecule has 2 N–H and O–H groups in total. The molecule has 0 atom stereocenters. The molecule has 0 bridgehead atoms. The molecule has 1 aromatic carbocycles. The van der Waals surface area contributed by atoms with E-state index in [2.05, 4.69) is 27.5 Å². The van der Waals surface area contributed by atoms with Gasteiger partial charge in [-0.2, -0.15) is 0 Å². The van der Waals surface area contributed by atoms with E-state index in [1.165, 1.54) is 6.33 Å². The minimum absolute atomic E-state index is 0.239. The third kappa shape index (κ3) is 4.05. The first-order valence-electron chi connectivity index (χ1n) is 6.72. The Kier molecular flexibility index (Phi) is 5.06. The number of para-hydroxylation sites is 1. The first-order valence-corrected chi connectivity index (χ1v) is 6.72. The largest absolute Gasteiger partial charge is 0.370 e. The van der Waals surface area contributed by atoms with Crippen LogP contribution in [0, 0.1) is 0 Å². The summed E-state index contributed by atoms with van der Waals surface area (Å²) in [5, 5.41) is 5.97. The summed E-state index contributed by atoms with van der Waals surface area (Å²) in [7, 11) is 0. The highest BCUT2D eigenvalue weighted by molar-refractivity contribution is 6.03. The zero-order valence-electron chi connectivity index (χ0n) is 11.5.